The molecular weight excluding hydrogens is 467 g/mol. The quantitative estimate of drug-likeness (QED) is 0.290. The Morgan fingerprint density at radius 1 is 1.00 bits per heavy atom. The minimum absolute atomic E-state index is 0.0544. The van der Waals surface area contributed by atoms with Gasteiger partial charge in [0.2, 0.25) is 0 Å². The number of rotatable bonds is 5. The van der Waals surface area contributed by atoms with Crippen molar-refractivity contribution in [2.45, 2.75) is 6.92 Å². The van der Waals surface area contributed by atoms with E-state index in [0.29, 0.717) is 32.6 Å². The Hall–Kier alpha value is -3.88. The first-order valence-corrected chi connectivity index (χ1v) is 10.4. The maximum absolute atomic E-state index is 12.9. The molecule has 0 aliphatic heterocycles. The Labute approximate surface area is 197 Å². The zero-order valence-corrected chi connectivity index (χ0v) is 18.6. The lowest BCUT2D eigenvalue weighted by Gasteiger charge is -2.07. The van der Waals surface area contributed by atoms with Crippen LogP contribution in [0.25, 0.3) is 16.8 Å². The van der Waals surface area contributed by atoms with Crippen molar-refractivity contribution in [3.8, 4) is 22.6 Å². The molecular formula is C23H16Cl2N4O4. The monoisotopic (exact) mass is 482 g/mol. The molecule has 0 aliphatic carbocycles. The number of para-hydroxylation sites is 1. The van der Waals surface area contributed by atoms with E-state index >= 15 is 0 Å². The van der Waals surface area contributed by atoms with Gasteiger partial charge in [0.15, 0.2) is 11.4 Å². The topological polar surface area (TPSA) is 120 Å². The third kappa shape index (κ3) is 4.39. The van der Waals surface area contributed by atoms with E-state index in [1.807, 2.05) is 0 Å². The third-order valence-electron chi connectivity index (χ3n) is 4.89. The molecule has 166 valence electrons. The number of carboxylic acids is 1. The van der Waals surface area contributed by atoms with Crippen LogP contribution in [0.2, 0.25) is 10.0 Å². The van der Waals surface area contributed by atoms with Crippen molar-refractivity contribution in [1.29, 1.82) is 0 Å². The maximum atomic E-state index is 12.9. The first-order chi connectivity index (χ1) is 15.8. The van der Waals surface area contributed by atoms with E-state index in [-0.39, 0.29) is 22.7 Å². The number of H-pyrrole nitrogens is 1. The van der Waals surface area contributed by atoms with E-state index in [9.17, 15) is 19.8 Å². The van der Waals surface area contributed by atoms with Gasteiger partial charge in [-0.25, -0.2) is 9.48 Å². The largest absolute Gasteiger partial charge is 0.505 e. The summed E-state index contributed by atoms with van der Waals surface area (Å²) < 4.78 is 1.26. The van der Waals surface area contributed by atoms with Crippen LogP contribution in [0.15, 0.2) is 75.7 Å². The highest BCUT2D eigenvalue weighted by Crippen LogP contribution is 2.38. The number of azo groups is 1. The number of aromatic carboxylic acids is 1. The van der Waals surface area contributed by atoms with E-state index in [2.05, 4.69) is 15.3 Å². The molecule has 0 bridgehead atoms. The molecule has 10 heteroatoms. The molecule has 8 nitrogen and oxygen atoms in total. The van der Waals surface area contributed by atoms with Crippen molar-refractivity contribution in [2.75, 3.05) is 0 Å². The number of phenols is 1. The highest BCUT2D eigenvalue weighted by atomic mass is 35.5. The first-order valence-electron chi connectivity index (χ1n) is 9.60. The van der Waals surface area contributed by atoms with Crippen molar-refractivity contribution in [3.63, 3.8) is 0 Å². The number of carbonyl (C=O) groups is 1. The molecule has 0 saturated heterocycles. The Bertz CT molecular complexity index is 1470. The lowest BCUT2D eigenvalue weighted by atomic mass is 10.0. The summed E-state index contributed by atoms with van der Waals surface area (Å²) in [4.78, 5) is 24.1. The fourth-order valence-electron chi connectivity index (χ4n) is 3.23. The number of aromatic amines is 1. The minimum atomic E-state index is -1.08. The van der Waals surface area contributed by atoms with Crippen LogP contribution in [0.1, 0.15) is 16.1 Å². The van der Waals surface area contributed by atoms with E-state index in [1.165, 1.54) is 22.9 Å². The Balaban J connectivity index is 1.71. The summed E-state index contributed by atoms with van der Waals surface area (Å²) >= 11 is 12.0. The van der Waals surface area contributed by atoms with Gasteiger partial charge in [0.25, 0.3) is 5.56 Å². The Morgan fingerprint density at radius 2 is 1.76 bits per heavy atom. The summed E-state index contributed by atoms with van der Waals surface area (Å²) in [5.74, 6) is -1.27. The molecule has 0 unspecified atom stereocenters. The van der Waals surface area contributed by atoms with Gasteiger partial charge in [-0.2, -0.15) is 0 Å². The second-order valence-electron chi connectivity index (χ2n) is 7.08. The molecule has 0 spiro atoms. The summed E-state index contributed by atoms with van der Waals surface area (Å²) in [6.45, 7) is 1.66. The number of nitrogens with zero attached hydrogens (tertiary/aromatic N) is 3. The minimum Gasteiger partial charge on any atom is -0.505 e. The molecule has 3 aromatic carbocycles. The normalized spacial score (nSPS) is 11.2. The summed E-state index contributed by atoms with van der Waals surface area (Å²) in [6.07, 6.45) is 0. The van der Waals surface area contributed by atoms with Gasteiger partial charge in [-0.3, -0.25) is 9.89 Å². The van der Waals surface area contributed by atoms with Gasteiger partial charge in [0.05, 0.1) is 27.0 Å². The van der Waals surface area contributed by atoms with Crippen LogP contribution in [0.4, 0.5) is 11.4 Å². The highest BCUT2D eigenvalue weighted by Gasteiger charge is 2.15. The Morgan fingerprint density at radius 3 is 2.48 bits per heavy atom. The molecule has 0 radical (unpaired) electrons. The predicted molar refractivity (Wildman–Crippen MR) is 126 cm³/mol. The van der Waals surface area contributed by atoms with E-state index < -0.39 is 11.5 Å². The van der Waals surface area contributed by atoms with Crippen molar-refractivity contribution in [2.24, 2.45) is 10.2 Å². The van der Waals surface area contributed by atoms with Gasteiger partial charge in [-0.15, -0.1) is 10.2 Å². The lowest BCUT2D eigenvalue weighted by Crippen LogP contribution is -2.13. The molecule has 33 heavy (non-hydrogen) atoms. The molecule has 0 fully saturated rings. The van der Waals surface area contributed by atoms with Gasteiger partial charge in [-0.05, 0) is 48.9 Å². The van der Waals surface area contributed by atoms with E-state index in [4.69, 9.17) is 23.2 Å². The smallest absolute Gasteiger partial charge is 0.335 e. The van der Waals surface area contributed by atoms with Gasteiger partial charge in [0, 0.05) is 5.56 Å². The summed E-state index contributed by atoms with van der Waals surface area (Å²) in [7, 11) is 0. The molecule has 1 heterocycles. The van der Waals surface area contributed by atoms with Crippen LogP contribution in [-0.2, 0) is 0 Å². The fraction of sp³-hybridized carbons (Fsp3) is 0.0435. The van der Waals surface area contributed by atoms with Crippen LogP contribution in [0.3, 0.4) is 0 Å². The van der Waals surface area contributed by atoms with Crippen LogP contribution in [0.5, 0.6) is 5.75 Å². The fourth-order valence-corrected chi connectivity index (χ4v) is 3.52. The number of benzene rings is 3. The first kappa shape index (κ1) is 22.3. The Kier molecular flexibility index (Phi) is 6.04. The van der Waals surface area contributed by atoms with Gasteiger partial charge in [-0.1, -0.05) is 47.5 Å². The van der Waals surface area contributed by atoms with Crippen molar-refractivity contribution >= 4 is 40.5 Å². The third-order valence-corrected chi connectivity index (χ3v) is 5.63. The second kappa shape index (κ2) is 8.93. The zero-order chi connectivity index (χ0) is 23.7. The van der Waals surface area contributed by atoms with Crippen molar-refractivity contribution < 1.29 is 15.0 Å². The number of hydrogen-bond donors (Lipinski definition) is 3. The number of halogens is 2. The summed E-state index contributed by atoms with van der Waals surface area (Å²) in [6, 6.07) is 15.7. The van der Waals surface area contributed by atoms with Crippen LogP contribution >= 0.6 is 23.2 Å². The van der Waals surface area contributed by atoms with Gasteiger partial charge >= 0.3 is 5.97 Å². The van der Waals surface area contributed by atoms with E-state index in [0.717, 1.165) is 0 Å². The average molecular weight is 483 g/mol. The maximum Gasteiger partial charge on any atom is 0.335 e. The van der Waals surface area contributed by atoms with Crippen molar-refractivity contribution in [1.82, 2.24) is 9.78 Å². The van der Waals surface area contributed by atoms with Crippen LogP contribution in [0, 0.1) is 6.92 Å². The van der Waals surface area contributed by atoms with E-state index in [1.54, 1.807) is 49.4 Å². The number of nitrogens with one attached hydrogen (secondary N) is 1. The van der Waals surface area contributed by atoms with Gasteiger partial charge in [0.1, 0.15) is 5.69 Å². The number of phenolic OH excluding ortho intramolecular Hbond substituents is 1. The molecule has 0 atom stereocenters. The molecule has 1 aromatic heterocycles. The standard InChI is InChI=1S/C23H16Cl2N4O4/c1-12-20(22(31)29(28-12)15-8-9-17(24)18(25)11-15)27-26-19-7-3-6-16(21(19)30)13-4-2-5-14(10-13)23(32)33/h2-11,28,30H,1H3,(H,32,33). The number of aromatic hydroxyl groups is 1. The van der Waals surface area contributed by atoms with Crippen LogP contribution in [-0.4, -0.2) is 26.0 Å². The zero-order valence-electron chi connectivity index (χ0n) is 17.1. The molecule has 4 aromatic rings. The van der Waals surface area contributed by atoms with Crippen LogP contribution < -0.4 is 5.56 Å². The summed E-state index contributed by atoms with van der Waals surface area (Å²) in [5.41, 5.74) is 1.62. The number of hydrogen-bond acceptors (Lipinski definition) is 5. The van der Waals surface area contributed by atoms with Crippen molar-refractivity contribution in [3.05, 3.63) is 92.3 Å². The number of aromatic nitrogens is 2. The lowest BCUT2D eigenvalue weighted by molar-refractivity contribution is 0.0697. The number of carboxylic acid groups (broad SMARTS) is 1. The molecule has 0 saturated carbocycles. The SMILES string of the molecule is Cc1[nH]n(-c2ccc(Cl)c(Cl)c2)c(=O)c1N=Nc1cccc(-c2cccc(C(=O)O)c2)c1O. The highest BCUT2D eigenvalue weighted by molar-refractivity contribution is 6.42. The molecule has 0 aliphatic rings. The summed E-state index contributed by atoms with van der Waals surface area (Å²) in [5, 5.41) is 31.6. The molecule has 4 rings (SSSR count). The average Bonchev–Trinajstić information content (AvgIpc) is 3.08. The predicted octanol–water partition coefficient (Wildman–Crippen LogP) is 6.27. The van der Waals surface area contributed by atoms with Gasteiger partial charge < -0.3 is 10.2 Å². The second-order valence-corrected chi connectivity index (χ2v) is 7.90. The molecule has 0 amide bonds. The molecule has 3 N–H and O–H groups in total. The number of aryl methyl sites for hydroxylation is 1.